The maximum Gasteiger partial charge on any atom is 0.304 e. The Balaban J connectivity index is 1.69. The molecule has 4 aliphatic rings. The third-order valence-corrected chi connectivity index (χ3v) is 8.63. The standard InChI is InChI=1S/C23H30O3/c1-5-23(26-15(2)24)13-10-20-18-7-6-16-14-17(25)8-11-21(16,3)19(18)9-12-22(20,23)4/h1,14,18-20H,6-13H2,2-4H3/t18-,19+,20+,21+,22-,23-/m0/s1. The molecule has 3 fully saturated rings. The van der Waals surface area contributed by atoms with Crippen LogP contribution < -0.4 is 0 Å². The van der Waals surface area contributed by atoms with Gasteiger partial charge in [-0.3, -0.25) is 9.59 Å². The molecule has 0 N–H and O–H groups in total. The first kappa shape index (κ1) is 17.8. The highest BCUT2D eigenvalue weighted by molar-refractivity contribution is 5.91. The van der Waals surface area contributed by atoms with Crippen molar-refractivity contribution in [1.29, 1.82) is 0 Å². The van der Waals surface area contributed by atoms with Gasteiger partial charge in [0.2, 0.25) is 0 Å². The minimum Gasteiger partial charge on any atom is -0.445 e. The van der Waals surface area contributed by atoms with Gasteiger partial charge in [-0.05, 0) is 74.2 Å². The molecule has 0 bridgehead atoms. The summed E-state index contributed by atoms with van der Waals surface area (Å²) in [6, 6.07) is 0. The molecule has 0 unspecified atom stereocenters. The maximum atomic E-state index is 11.9. The van der Waals surface area contributed by atoms with Crippen LogP contribution in [0.2, 0.25) is 0 Å². The predicted molar refractivity (Wildman–Crippen MR) is 100 cm³/mol. The van der Waals surface area contributed by atoms with Gasteiger partial charge in [0, 0.05) is 18.8 Å². The lowest BCUT2D eigenvalue weighted by atomic mass is 9.46. The first-order valence-corrected chi connectivity index (χ1v) is 10.2. The van der Waals surface area contributed by atoms with Gasteiger partial charge in [0.1, 0.15) is 0 Å². The van der Waals surface area contributed by atoms with Gasteiger partial charge in [0.05, 0.1) is 0 Å². The lowest BCUT2D eigenvalue weighted by Gasteiger charge is -2.58. The molecule has 0 aromatic heterocycles. The van der Waals surface area contributed by atoms with Crippen LogP contribution in [0, 0.1) is 40.9 Å². The van der Waals surface area contributed by atoms with Gasteiger partial charge in [0.15, 0.2) is 11.4 Å². The minimum atomic E-state index is -0.742. The summed E-state index contributed by atoms with van der Waals surface area (Å²) >= 11 is 0. The molecule has 0 saturated heterocycles. The third-order valence-electron chi connectivity index (χ3n) is 8.63. The average Bonchev–Trinajstić information content (AvgIpc) is 2.88. The summed E-state index contributed by atoms with van der Waals surface area (Å²) in [7, 11) is 0. The average molecular weight is 354 g/mol. The summed E-state index contributed by atoms with van der Waals surface area (Å²) in [5.74, 6) is 4.71. The molecular weight excluding hydrogens is 324 g/mol. The first-order chi connectivity index (χ1) is 12.3. The van der Waals surface area contributed by atoms with E-state index in [2.05, 4.69) is 19.8 Å². The van der Waals surface area contributed by atoms with Crippen molar-refractivity contribution in [3.63, 3.8) is 0 Å². The summed E-state index contributed by atoms with van der Waals surface area (Å²) in [5, 5.41) is 0. The molecule has 3 saturated carbocycles. The molecule has 0 aromatic carbocycles. The zero-order valence-corrected chi connectivity index (χ0v) is 16.3. The van der Waals surface area contributed by atoms with E-state index in [1.165, 1.54) is 12.5 Å². The van der Waals surface area contributed by atoms with E-state index in [4.69, 9.17) is 11.2 Å². The molecule has 0 heterocycles. The van der Waals surface area contributed by atoms with Crippen LogP contribution in [0.3, 0.4) is 0 Å². The lowest BCUT2D eigenvalue weighted by Crippen LogP contribution is -2.55. The van der Waals surface area contributed by atoms with Crippen molar-refractivity contribution in [3.8, 4) is 12.3 Å². The molecule has 0 aliphatic heterocycles. The zero-order chi connectivity index (χ0) is 18.7. The van der Waals surface area contributed by atoms with Crippen molar-refractivity contribution >= 4 is 11.8 Å². The summed E-state index contributed by atoms with van der Waals surface area (Å²) < 4.78 is 5.81. The van der Waals surface area contributed by atoms with Crippen LogP contribution in [-0.2, 0) is 14.3 Å². The molecular formula is C23H30O3. The number of rotatable bonds is 1. The second kappa shape index (κ2) is 5.72. The quantitative estimate of drug-likeness (QED) is 0.516. The van der Waals surface area contributed by atoms with Gasteiger partial charge in [-0.2, -0.15) is 0 Å². The van der Waals surface area contributed by atoms with Crippen molar-refractivity contribution in [2.45, 2.75) is 77.7 Å². The number of ether oxygens (including phenoxy) is 1. The van der Waals surface area contributed by atoms with Crippen LogP contribution in [0.5, 0.6) is 0 Å². The fraction of sp³-hybridized carbons (Fsp3) is 0.739. The van der Waals surface area contributed by atoms with Crippen LogP contribution >= 0.6 is 0 Å². The molecule has 3 heteroatoms. The highest BCUT2D eigenvalue weighted by Crippen LogP contribution is 2.68. The van der Waals surface area contributed by atoms with E-state index in [-0.39, 0.29) is 16.8 Å². The molecule has 3 nitrogen and oxygen atoms in total. The Kier molecular flexibility index (Phi) is 3.92. The highest BCUT2D eigenvalue weighted by Gasteiger charge is 2.65. The predicted octanol–water partition coefficient (Wildman–Crippen LogP) is 4.45. The van der Waals surface area contributed by atoms with Crippen LogP contribution in [0.25, 0.3) is 0 Å². The Bertz CT molecular complexity index is 728. The van der Waals surface area contributed by atoms with Gasteiger partial charge < -0.3 is 4.74 Å². The summed E-state index contributed by atoms with van der Waals surface area (Å²) in [5.41, 5.74) is 0.686. The third kappa shape index (κ3) is 2.20. The fourth-order valence-electron chi connectivity index (χ4n) is 7.24. The molecule has 0 aromatic rings. The first-order valence-electron chi connectivity index (χ1n) is 10.2. The molecule has 4 aliphatic carbocycles. The van der Waals surface area contributed by atoms with Crippen LogP contribution in [0.1, 0.15) is 72.1 Å². The van der Waals surface area contributed by atoms with E-state index >= 15 is 0 Å². The number of ketones is 1. The molecule has 6 atom stereocenters. The van der Waals surface area contributed by atoms with E-state index in [1.807, 2.05) is 6.08 Å². The lowest BCUT2D eigenvalue weighted by molar-refractivity contribution is -0.169. The Morgan fingerprint density at radius 1 is 1.15 bits per heavy atom. The number of fused-ring (bicyclic) bond motifs is 5. The number of carbonyl (C=O) groups excluding carboxylic acids is 2. The van der Waals surface area contributed by atoms with E-state index < -0.39 is 5.60 Å². The molecule has 26 heavy (non-hydrogen) atoms. The molecule has 0 radical (unpaired) electrons. The topological polar surface area (TPSA) is 43.4 Å². The van der Waals surface area contributed by atoms with Crippen molar-refractivity contribution in [2.24, 2.45) is 28.6 Å². The van der Waals surface area contributed by atoms with Crippen LogP contribution in [0.4, 0.5) is 0 Å². The van der Waals surface area contributed by atoms with Crippen LogP contribution in [-0.4, -0.2) is 17.4 Å². The fourth-order valence-corrected chi connectivity index (χ4v) is 7.24. The van der Waals surface area contributed by atoms with E-state index in [9.17, 15) is 9.59 Å². The highest BCUT2D eigenvalue weighted by atomic mass is 16.6. The summed E-state index contributed by atoms with van der Waals surface area (Å²) in [4.78, 5) is 23.7. The molecule has 140 valence electrons. The Hall–Kier alpha value is -1.56. The largest absolute Gasteiger partial charge is 0.445 e. The maximum absolute atomic E-state index is 11.9. The summed E-state index contributed by atoms with van der Waals surface area (Å²) in [6.45, 7) is 6.13. The van der Waals surface area contributed by atoms with Crippen LogP contribution in [0.15, 0.2) is 11.6 Å². The number of hydrogen-bond donors (Lipinski definition) is 0. The van der Waals surface area contributed by atoms with E-state index in [1.54, 1.807) is 0 Å². The number of esters is 1. The van der Waals surface area contributed by atoms with Gasteiger partial charge in [0.25, 0.3) is 0 Å². The SMILES string of the molecule is C#C[C@]1(OC(C)=O)CC[C@@H]2[C@H]3CCC4=CC(=O)CC[C@@]4(C)[C@@H]3CC[C@@]21C. The van der Waals surface area contributed by atoms with Gasteiger partial charge >= 0.3 is 5.97 Å². The Labute approximate surface area is 156 Å². The van der Waals surface area contributed by atoms with Gasteiger partial charge in [-0.25, -0.2) is 0 Å². The zero-order valence-electron chi connectivity index (χ0n) is 16.3. The normalized spacial score (nSPS) is 47.1. The van der Waals surface area contributed by atoms with Crippen molar-refractivity contribution in [2.75, 3.05) is 0 Å². The van der Waals surface area contributed by atoms with E-state index in [0.29, 0.717) is 30.0 Å². The molecule has 0 spiro atoms. The van der Waals surface area contributed by atoms with Crippen molar-refractivity contribution in [3.05, 3.63) is 11.6 Å². The molecule has 4 rings (SSSR count). The number of allylic oxidation sites excluding steroid dienone is 1. The second-order valence-electron chi connectivity index (χ2n) is 9.53. The van der Waals surface area contributed by atoms with Crippen molar-refractivity contribution < 1.29 is 14.3 Å². The number of hydrogen-bond acceptors (Lipinski definition) is 3. The van der Waals surface area contributed by atoms with Gasteiger partial charge in [-0.1, -0.05) is 25.3 Å². The smallest absolute Gasteiger partial charge is 0.304 e. The van der Waals surface area contributed by atoms with Crippen molar-refractivity contribution in [1.82, 2.24) is 0 Å². The van der Waals surface area contributed by atoms with E-state index in [0.717, 1.165) is 44.9 Å². The number of terminal acetylenes is 1. The Morgan fingerprint density at radius 2 is 1.88 bits per heavy atom. The van der Waals surface area contributed by atoms with Gasteiger partial charge in [-0.15, -0.1) is 6.42 Å². The summed E-state index contributed by atoms with van der Waals surface area (Å²) in [6.07, 6.45) is 15.7. The molecule has 0 amide bonds. The Morgan fingerprint density at radius 3 is 2.58 bits per heavy atom. The number of carbonyl (C=O) groups is 2. The monoisotopic (exact) mass is 354 g/mol. The minimum absolute atomic E-state index is 0.128. The second-order valence-corrected chi connectivity index (χ2v) is 9.53.